The molecule has 26 heavy (non-hydrogen) atoms. The van der Waals surface area contributed by atoms with Gasteiger partial charge in [0.1, 0.15) is 11.6 Å². The first-order chi connectivity index (χ1) is 12.6. The molecule has 1 aliphatic heterocycles. The number of aromatic nitrogens is 1. The number of thiophene rings is 1. The fourth-order valence-corrected chi connectivity index (χ4v) is 3.72. The average molecular weight is 371 g/mol. The lowest BCUT2D eigenvalue weighted by Crippen LogP contribution is -2.25. The van der Waals surface area contributed by atoms with Crippen molar-refractivity contribution in [1.82, 2.24) is 10.3 Å². The Balaban J connectivity index is 1.50. The van der Waals surface area contributed by atoms with Crippen molar-refractivity contribution in [3.05, 3.63) is 58.0 Å². The van der Waals surface area contributed by atoms with Crippen molar-refractivity contribution in [2.75, 3.05) is 11.9 Å². The minimum Gasteiger partial charge on any atom is -0.440 e. The summed E-state index contributed by atoms with van der Waals surface area (Å²) in [4.78, 5) is 17.7. The molecule has 0 spiro atoms. The second-order valence-electron chi connectivity index (χ2n) is 6.22. The standard InChI is InChI=1S/C19H18FN3O2S/c1-11-15(23-19(25-11)16-3-2-8-26-16)9-17(24)22-14-5-4-12-10-21-7-6-13(12)18(14)20/h2-5,8,21H,6-7,9-10H2,1H3,(H,22,24). The number of oxazole rings is 1. The molecule has 0 saturated heterocycles. The topological polar surface area (TPSA) is 67.2 Å². The van der Waals surface area contributed by atoms with Crippen LogP contribution in [0.3, 0.4) is 0 Å². The number of anilines is 1. The van der Waals surface area contributed by atoms with Crippen molar-refractivity contribution >= 4 is 22.9 Å². The summed E-state index contributed by atoms with van der Waals surface area (Å²) in [6.45, 7) is 3.17. The molecule has 0 saturated carbocycles. The highest BCUT2D eigenvalue weighted by molar-refractivity contribution is 7.13. The van der Waals surface area contributed by atoms with Gasteiger partial charge in [0.25, 0.3) is 0 Å². The maximum Gasteiger partial charge on any atom is 0.236 e. The van der Waals surface area contributed by atoms with Gasteiger partial charge in [0, 0.05) is 6.54 Å². The molecule has 1 amide bonds. The van der Waals surface area contributed by atoms with Gasteiger partial charge in [-0.25, -0.2) is 9.37 Å². The molecule has 0 atom stereocenters. The van der Waals surface area contributed by atoms with Crippen LogP contribution in [0.5, 0.6) is 0 Å². The normalized spacial score (nSPS) is 13.5. The zero-order chi connectivity index (χ0) is 18.1. The van der Waals surface area contributed by atoms with E-state index in [1.54, 1.807) is 13.0 Å². The van der Waals surface area contributed by atoms with Gasteiger partial charge in [-0.2, -0.15) is 0 Å². The first-order valence-electron chi connectivity index (χ1n) is 8.43. The van der Waals surface area contributed by atoms with E-state index >= 15 is 0 Å². The van der Waals surface area contributed by atoms with Gasteiger partial charge in [0.15, 0.2) is 0 Å². The molecule has 134 valence electrons. The second kappa shape index (κ2) is 7.01. The van der Waals surface area contributed by atoms with Crippen molar-refractivity contribution in [3.63, 3.8) is 0 Å². The summed E-state index contributed by atoms with van der Waals surface area (Å²) in [5.41, 5.74) is 2.41. The predicted molar refractivity (Wildman–Crippen MR) is 98.7 cm³/mol. The molecule has 7 heteroatoms. The van der Waals surface area contributed by atoms with E-state index in [4.69, 9.17) is 4.42 Å². The lowest BCUT2D eigenvalue weighted by atomic mass is 9.99. The number of carbonyl (C=O) groups excluding carboxylic acids is 1. The van der Waals surface area contributed by atoms with E-state index in [1.165, 1.54) is 11.3 Å². The van der Waals surface area contributed by atoms with E-state index in [-0.39, 0.29) is 23.8 Å². The Morgan fingerprint density at radius 2 is 2.31 bits per heavy atom. The SMILES string of the molecule is Cc1oc(-c2cccs2)nc1CC(=O)Nc1ccc2c(c1F)CCNC2. The maximum absolute atomic E-state index is 14.6. The van der Waals surface area contributed by atoms with Gasteiger partial charge < -0.3 is 15.1 Å². The maximum atomic E-state index is 14.6. The first-order valence-corrected chi connectivity index (χ1v) is 9.31. The summed E-state index contributed by atoms with van der Waals surface area (Å²) in [6.07, 6.45) is 0.663. The smallest absolute Gasteiger partial charge is 0.236 e. The van der Waals surface area contributed by atoms with Crippen LogP contribution in [0.15, 0.2) is 34.1 Å². The van der Waals surface area contributed by atoms with E-state index in [2.05, 4.69) is 15.6 Å². The lowest BCUT2D eigenvalue weighted by Gasteiger charge is -2.19. The molecule has 0 radical (unpaired) electrons. The van der Waals surface area contributed by atoms with Crippen molar-refractivity contribution in [1.29, 1.82) is 0 Å². The van der Waals surface area contributed by atoms with Crippen molar-refractivity contribution < 1.29 is 13.6 Å². The number of benzene rings is 1. The van der Waals surface area contributed by atoms with E-state index in [9.17, 15) is 9.18 Å². The molecule has 2 N–H and O–H groups in total. The molecule has 1 aliphatic rings. The van der Waals surface area contributed by atoms with Crippen LogP contribution in [0.2, 0.25) is 0 Å². The molecule has 0 aliphatic carbocycles. The van der Waals surface area contributed by atoms with E-state index in [0.717, 1.165) is 17.0 Å². The predicted octanol–water partition coefficient (Wildman–Crippen LogP) is 3.68. The number of carbonyl (C=O) groups is 1. The van der Waals surface area contributed by atoms with Crippen LogP contribution in [0, 0.1) is 12.7 Å². The molecule has 5 nitrogen and oxygen atoms in total. The number of amides is 1. The van der Waals surface area contributed by atoms with Crippen LogP contribution in [-0.2, 0) is 24.2 Å². The van der Waals surface area contributed by atoms with Crippen molar-refractivity contribution in [3.8, 4) is 10.8 Å². The summed E-state index contributed by atoms with van der Waals surface area (Å²) in [5.74, 6) is 0.453. The van der Waals surface area contributed by atoms with E-state index in [1.807, 2.05) is 23.6 Å². The second-order valence-corrected chi connectivity index (χ2v) is 7.16. The van der Waals surface area contributed by atoms with Gasteiger partial charge >= 0.3 is 0 Å². The molecule has 1 aromatic carbocycles. The lowest BCUT2D eigenvalue weighted by molar-refractivity contribution is -0.115. The first kappa shape index (κ1) is 16.9. The number of nitrogens with one attached hydrogen (secondary N) is 2. The Morgan fingerprint density at radius 3 is 3.12 bits per heavy atom. The highest BCUT2D eigenvalue weighted by Crippen LogP contribution is 2.27. The average Bonchev–Trinajstić information content (AvgIpc) is 3.28. The van der Waals surface area contributed by atoms with Gasteiger partial charge in [0.05, 0.1) is 22.7 Å². The molecular formula is C19H18FN3O2S. The highest BCUT2D eigenvalue weighted by atomic mass is 32.1. The Labute approximate surface area is 154 Å². The minimum absolute atomic E-state index is 0.0405. The number of hydrogen-bond donors (Lipinski definition) is 2. The van der Waals surface area contributed by atoms with Gasteiger partial charge in [-0.1, -0.05) is 12.1 Å². The van der Waals surface area contributed by atoms with Crippen LogP contribution in [0.4, 0.5) is 10.1 Å². The summed E-state index contributed by atoms with van der Waals surface area (Å²) >= 11 is 1.52. The zero-order valence-electron chi connectivity index (χ0n) is 14.3. The fourth-order valence-electron chi connectivity index (χ4n) is 3.07. The van der Waals surface area contributed by atoms with Crippen LogP contribution in [0.1, 0.15) is 22.6 Å². The number of rotatable bonds is 4. The Bertz CT molecular complexity index is 950. The van der Waals surface area contributed by atoms with Crippen LogP contribution in [0.25, 0.3) is 10.8 Å². The molecule has 4 rings (SSSR count). The number of aryl methyl sites for hydroxylation is 1. The number of hydrogen-bond acceptors (Lipinski definition) is 5. The molecular weight excluding hydrogens is 353 g/mol. The number of halogens is 1. The third-order valence-electron chi connectivity index (χ3n) is 4.43. The quantitative estimate of drug-likeness (QED) is 0.734. The molecule has 0 bridgehead atoms. The number of nitrogens with zero attached hydrogens (tertiary/aromatic N) is 1. The summed E-state index contributed by atoms with van der Waals surface area (Å²) in [6, 6.07) is 7.31. The number of fused-ring (bicyclic) bond motifs is 1. The summed E-state index contributed by atoms with van der Waals surface area (Å²) < 4.78 is 20.3. The van der Waals surface area contributed by atoms with Gasteiger partial charge in [-0.3, -0.25) is 4.79 Å². The molecule has 0 fully saturated rings. The van der Waals surface area contributed by atoms with Gasteiger partial charge in [-0.15, -0.1) is 11.3 Å². The van der Waals surface area contributed by atoms with Gasteiger partial charge in [-0.05, 0) is 48.5 Å². The van der Waals surface area contributed by atoms with E-state index in [0.29, 0.717) is 35.9 Å². The van der Waals surface area contributed by atoms with Crippen LogP contribution >= 0.6 is 11.3 Å². The Morgan fingerprint density at radius 1 is 1.42 bits per heavy atom. The van der Waals surface area contributed by atoms with E-state index < -0.39 is 0 Å². The summed E-state index contributed by atoms with van der Waals surface area (Å²) in [5, 5.41) is 7.82. The minimum atomic E-state index is -0.339. The van der Waals surface area contributed by atoms with Crippen molar-refractivity contribution in [2.45, 2.75) is 26.3 Å². The largest absolute Gasteiger partial charge is 0.440 e. The Hall–Kier alpha value is -2.51. The fraction of sp³-hybridized carbons (Fsp3) is 0.263. The Kier molecular flexibility index (Phi) is 4.57. The molecule has 0 unspecified atom stereocenters. The van der Waals surface area contributed by atoms with Gasteiger partial charge in [0.2, 0.25) is 11.8 Å². The molecule has 3 heterocycles. The van der Waals surface area contributed by atoms with Crippen LogP contribution < -0.4 is 10.6 Å². The van der Waals surface area contributed by atoms with Crippen molar-refractivity contribution in [2.24, 2.45) is 0 Å². The van der Waals surface area contributed by atoms with Crippen LogP contribution in [-0.4, -0.2) is 17.4 Å². The highest BCUT2D eigenvalue weighted by Gasteiger charge is 2.19. The third kappa shape index (κ3) is 3.27. The molecule has 2 aromatic heterocycles. The third-order valence-corrected chi connectivity index (χ3v) is 5.29. The summed E-state index contributed by atoms with van der Waals surface area (Å²) in [7, 11) is 0. The zero-order valence-corrected chi connectivity index (χ0v) is 15.1. The molecule has 3 aromatic rings. The monoisotopic (exact) mass is 371 g/mol.